The van der Waals surface area contributed by atoms with Crippen molar-refractivity contribution in [3.63, 3.8) is 0 Å². The highest BCUT2D eigenvalue weighted by Gasteiger charge is 2.54. The summed E-state index contributed by atoms with van der Waals surface area (Å²) in [5.41, 5.74) is 1.52. The van der Waals surface area contributed by atoms with Crippen LogP contribution in [0, 0.1) is 17.8 Å². The molecule has 1 aromatic carbocycles. The summed E-state index contributed by atoms with van der Waals surface area (Å²) in [7, 11) is 1.33. The van der Waals surface area contributed by atoms with E-state index >= 15 is 0 Å². The van der Waals surface area contributed by atoms with Crippen molar-refractivity contribution in [3.05, 3.63) is 58.3 Å². The summed E-state index contributed by atoms with van der Waals surface area (Å²) in [6.45, 7) is 4.34. The molecule has 0 radical (unpaired) electrons. The van der Waals surface area contributed by atoms with E-state index in [2.05, 4.69) is 18.8 Å². The van der Waals surface area contributed by atoms with Crippen LogP contribution in [0.1, 0.15) is 48.7 Å². The molecule has 0 N–H and O–H groups in total. The molecule has 0 bridgehead atoms. The van der Waals surface area contributed by atoms with E-state index in [1.165, 1.54) is 18.4 Å². The van der Waals surface area contributed by atoms with Crippen LogP contribution in [0.2, 0.25) is 0 Å². The number of ketones is 1. The Hall–Kier alpha value is -3.00. The number of anilines is 1. The Morgan fingerprint density at radius 1 is 1.16 bits per heavy atom. The van der Waals surface area contributed by atoms with E-state index in [-0.39, 0.29) is 29.5 Å². The van der Waals surface area contributed by atoms with Crippen molar-refractivity contribution in [1.29, 1.82) is 0 Å². The highest BCUT2D eigenvalue weighted by Crippen LogP contribution is 2.50. The molecule has 3 heterocycles. The van der Waals surface area contributed by atoms with Crippen LogP contribution in [0.15, 0.2) is 47.2 Å². The maximum atomic E-state index is 13.8. The van der Waals surface area contributed by atoms with Gasteiger partial charge in [0.25, 0.3) is 5.91 Å². The van der Waals surface area contributed by atoms with Gasteiger partial charge < -0.3 is 9.47 Å². The van der Waals surface area contributed by atoms with E-state index in [0.29, 0.717) is 28.1 Å². The minimum atomic E-state index is -0.640. The van der Waals surface area contributed by atoms with Crippen molar-refractivity contribution in [3.8, 4) is 0 Å². The number of fused-ring (bicyclic) bond motifs is 1. The number of thiazole rings is 1. The molecule has 2 aliphatic heterocycles. The van der Waals surface area contributed by atoms with E-state index in [0.717, 1.165) is 18.4 Å². The Kier molecular flexibility index (Phi) is 5.12. The van der Waals surface area contributed by atoms with Gasteiger partial charge in [0.05, 0.1) is 30.2 Å². The van der Waals surface area contributed by atoms with Crippen molar-refractivity contribution < 1.29 is 23.9 Å². The molecule has 0 spiro atoms. The fourth-order valence-corrected chi connectivity index (χ4v) is 5.69. The van der Waals surface area contributed by atoms with Crippen LogP contribution in [-0.4, -0.2) is 35.9 Å². The molecule has 1 amide bonds. The predicted molar refractivity (Wildman–Crippen MR) is 118 cm³/mol. The summed E-state index contributed by atoms with van der Waals surface area (Å²) in [4.78, 5) is 45.0. The molecule has 1 aliphatic carbocycles. The molecule has 5 atom stereocenters. The molecular formula is C24H24N2O5S. The first-order valence-electron chi connectivity index (χ1n) is 10.8. The largest absolute Gasteiger partial charge is 0.483 e. The summed E-state index contributed by atoms with van der Waals surface area (Å²) in [6, 6.07) is 6.16. The van der Waals surface area contributed by atoms with Crippen molar-refractivity contribution in [1.82, 2.24) is 4.98 Å². The Balaban J connectivity index is 1.60. The van der Waals surface area contributed by atoms with Crippen LogP contribution in [0.5, 0.6) is 0 Å². The van der Waals surface area contributed by atoms with Gasteiger partial charge in [0.15, 0.2) is 16.7 Å². The zero-order valence-corrected chi connectivity index (χ0v) is 18.9. The van der Waals surface area contributed by atoms with Gasteiger partial charge in [-0.1, -0.05) is 26.0 Å². The van der Waals surface area contributed by atoms with Crippen molar-refractivity contribution in [2.24, 2.45) is 17.8 Å². The van der Waals surface area contributed by atoms with Gasteiger partial charge in [0.2, 0.25) is 0 Å². The minimum absolute atomic E-state index is 0.00977. The van der Waals surface area contributed by atoms with Gasteiger partial charge in [0.1, 0.15) is 6.10 Å². The number of nitrogens with zero attached hydrogens (tertiary/aromatic N) is 2. The lowest BCUT2D eigenvalue weighted by Gasteiger charge is -2.40. The third-order valence-corrected chi connectivity index (χ3v) is 7.75. The Labute approximate surface area is 190 Å². The van der Waals surface area contributed by atoms with Gasteiger partial charge in [-0.25, -0.2) is 9.78 Å². The van der Waals surface area contributed by atoms with Crippen LogP contribution in [0.25, 0.3) is 0 Å². The Bertz CT molecular complexity index is 1110. The highest BCUT2D eigenvalue weighted by molar-refractivity contribution is 7.13. The predicted octanol–water partition coefficient (Wildman–Crippen LogP) is 3.92. The second-order valence-electron chi connectivity index (χ2n) is 8.80. The fraction of sp³-hybridized carbons (Fsp3) is 0.417. The zero-order chi connectivity index (χ0) is 22.6. The van der Waals surface area contributed by atoms with Gasteiger partial charge in [0, 0.05) is 11.6 Å². The second kappa shape index (κ2) is 7.85. The first-order valence-corrected chi connectivity index (χ1v) is 11.6. The molecule has 1 aromatic heterocycles. The third kappa shape index (κ3) is 3.16. The van der Waals surface area contributed by atoms with Crippen molar-refractivity contribution in [2.45, 2.75) is 38.8 Å². The summed E-state index contributed by atoms with van der Waals surface area (Å²) >= 11 is 1.33. The third-order valence-electron chi connectivity index (χ3n) is 6.98. The van der Waals surface area contributed by atoms with Crippen molar-refractivity contribution in [2.75, 3.05) is 12.0 Å². The van der Waals surface area contributed by atoms with E-state index in [1.807, 2.05) is 0 Å². The van der Waals surface area contributed by atoms with E-state index in [4.69, 9.17) is 9.47 Å². The van der Waals surface area contributed by atoms with Gasteiger partial charge >= 0.3 is 5.97 Å². The summed E-state index contributed by atoms with van der Waals surface area (Å²) in [5.74, 6) is -0.0492. The average molecular weight is 453 g/mol. The van der Waals surface area contributed by atoms with Gasteiger partial charge in [-0.05, 0) is 42.4 Å². The molecule has 166 valence electrons. The number of benzene rings is 1. The molecule has 32 heavy (non-hydrogen) atoms. The number of ether oxygens (including phenoxy) is 2. The first kappa shape index (κ1) is 20.9. The number of rotatable bonds is 3. The van der Waals surface area contributed by atoms with Crippen LogP contribution >= 0.6 is 11.3 Å². The normalized spacial score (nSPS) is 29.5. The number of esters is 1. The quantitative estimate of drug-likeness (QED) is 0.656. The maximum absolute atomic E-state index is 13.8. The van der Waals surface area contributed by atoms with E-state index in [9.17, 15) is 14.4 Å². The lowest BCUT2D eigenvalue weighted by molar-refractivity contribution is -0.134. The number of methoxy groups -OCH3 is 1. The molecule has 0 saturated heterocycles. The maximum Gasteiger partial charge on any atom is 0.337 e. The number of carbonyl (C=O) groups excluding carboxylic acids is 3. The molecule has 5 unspecified atom stereocenters. The number of Topliss-reactive ketones (excluding diaryl/α,β-unsaturated/α-hetero) is 1. The van der Waals surface area contributed by atoms with E-state index in [1.54, 1.807) is 40.7 Å². The number of aromatic nitrogens is 1. The van der Waals surface area contributed by atoms with Crippen LogP contribution in [0.3, 0.4) is 0 Å². The lowest BCUT2D eigenvalue weighted by Crippen LogP contribution is -2.43. The molecule has 7 nitrogen and oxygen atoms in total. The highest BCUT2D eigenvalue weighted by atomic mass is 32.1. The van der Waals surface area contributed by atoms with Crippen LogP contribution in [-0.2, 0) is 19.1 Å². The molecule has 3 aliphatic rings. The molecular weight excluding hydrogens is 428 g/mol. The summed E-state index contributed by atoms with van der Waals surface area (Å²) < 4.78 is 11.0. The minimum Gasteiger partial charge on any atom is -0.483 e. The van der Waals surface area contributed by atoms with Crippen molar-refractivity contribution >= 4 is 34.1 Å². The summed E-state index contributed by atoms with van der Waals surface area (Å²) in [6.07, 6.45) is 2.88. The Morgan fingerprint density at radius 2 is 1.88 bits per heavy atom. The molecule has 5 rings (SSSR count). The monoisotopic (exact) mass is 452 g/mol. The summed E-state index contributed by atoms with van der Waals surface area (Å²) in [5, 5.41) is 2.30. The van der Waals surface area contributed by atoms with Gasteiger partial charge in [-0.2, -0.15) is 0 Å². The van der Waals surface area contributed by atoms with Gasteiger partial charge in [-0.15, -0.1) is 11.3 Å². The smallest absolute Gasteiger partial charge is 0.337 e. The lowest BCUT2D eigenvalue weighted by atomic mass is 9.70. The molecule has 2 aromatic rings. The Morgan fingerprint density at radius 3 is 2.53 bits per heavy atom. The molecule has 1 fully saturated rings. The van der Waals surface area contributed by atoms with Crippen LogP contribution in [0.4, 0.5) is 5.13 Å². The average Bonchev–Trinajstić information content (AvgIpc) is 3.42. The number of amides is 1. The number of hydrogen-bond donors (Lipinski definition) is 0. The standard InChI is InChI=1S/C24H24N2O5S/c1-12-10-16-17(11-13(12)2)31-21-18(20(16)27)19(26(22(21)28)24-25-8-9-32-24)14-4-6-15(7-5-14)23(29)30-3/h4-9,12-13,16-17,19H,10-11H2,1-3H3. The first-order chi connectivity index (χ1) is 15.4. The number of hydrogen-bond acceptors (Lipinski definition) is 7. The topological polar surface area (TPSA) is 85.8 Å². The number of carbonyl (C=O) groups is 3. The van der Waals surface area contributed by atoms with Crippen LogP contribution < -0.4 is 4.90 Å². The SMILES string of the molecule is COC(=O)c1ccc(C2C3=C(OC4CC(C)C(C)CC4C3=O)C(=O)N2c2nccs2)cc1. The molecule has 8 heteroatoms. The zero-order valence-electron chi connectivity index (χ0n) is 18.1. The van der Waals surface area contributed by atoms with E-state index < -0.39 is 12.0 Å². The second-order valence-corrected chi connectivity index (χ2v) is 9.67. The fourth-order valence-electron chi connectivity index (χ4n) is 5.03. The molecule has 1 saturated carbocycles. The van der Waals surface area contributed by atoms with Gasteiger partial charge in [-0.3, -0.25) is 14.5 Å².